The van der Waals surface area contributed by atoms with Crippen LogP contribution < -0.4 is 4.74 Å². The maximum atomic E-state index is 12.9. The molecule has 0 aromatic heterocycles. The minimum absolute atomic E-state index is 0.198. The van der Waals surface area contributed by atoms with E-state index in [4.69, 9.17) is 4.74 Å². The van der Waals surface area contributed by atoms with Crippen molar-refractivity contribution in [3.63, 3.8) is 0 Å². The average Bonchev–Trinajstić information content (AvgIpc) is 2.33. The summed E-state index contributed by atoms with van der Waals surface area (Å²) in [6, 6.07) is 10.8. The Hall–Kier alpha value is -1.55. The lowest BCUT2D eigenvalue weighted by Crippen LogP contribution is -1.97. The number of hydrogen-bond acceptors (Lipinski definition) is 2. The Morgan fingerprint density at radius 1 is 0.941 bits per heavy atom. The van der Waals surface area contributed by atoms with Gasteiger partial charge in [0.2, 0.25) is 0 Å². The second-order valence-corrected chi connectivity index (χ2v) is 4.05. The molecule has 0 aliphatic carbocycles. The highest BCUT2D eigenvalue weighted by molar-refractivity contribution is 7.80. The first kappa shape index (κ1) is 11.9. The predicted octanol–water partition coefficient (Wildman–Crippen LogP) is 3.83. The van der Waals surface area contributed by atoms with Crippen molar-refractivity contribution >= 4 is 12.6 Å². The standard InChI is InChI=1S/C13H10F2OS/c14-12-6-1-9(7-13(12)15)8-16-10-2-4-11(17)5-3-10/h1-7,17H,8H2. The van der Waals surface area contributed by atoms with Crippen molar-refractivity contribution in [1.29, 1.82) is 0 Å². The molecule has 1 nitrogen and oxygen atoms in total. The van der Waals surface area contributed by atoms with Crippen LogP contribution in [0.15, 0.2) is 47.4 Å². The third-order valence-electron chi connectivity index (χ3n) is 2.23. The van der Waals surface area contributed by atoms with Crippen LogP contribution in [0.5, 0.6) is 5.75 Å². The monoisotopic (exact) mass is 252 g/mol. The van der Waals surface area contributed by atoms with Crippen LogP contribution in [0, 0.1) is 11.6 Å². The number of thiol groups is 1. The first-order valence-corrected chi connectivity index (χ1v) is 5.45. The molecule has 0 N–H and O–H groups in total. The second-order valence-electron chi connectivity index (χ2n) is 3.53. The number of ether oxygens (including phenoxy) is 1. The van der Waals surface area contributed by atoms with Crippen LogP contribution in [0.1, 0.15) is 5.56 Å². The molecule has 2 rings (SSSR count). The van der Waals surface area contributed by atoms with Crippen molar-refractivity contribution in [1.82, 2.24) is 0 Å². The Bertz CT molecular complexity index is 511. The van der Waals surface area contributed by atoms with Crippen LogP contribution in [0.2, 0.25) is 0 Å². The number of rotatable bonds is 3. The maximum Gasteiger partial charge on any atom is 0.159 e. The molecule has 4 heteroatoms. The van der Waals surface area contributed by atoms with Crippen LogP contribution in [0.4, 0.5) is 8.78 Å². The van der Waals surface area contributed by atoms with Gasteiger partial charge in [0, 0.05) is 4.90 Å². The van der Waals surface area contributed by atoms with E-state index in [1.807, 2.05) is 0 Å². The molecule has 0 saturated carbocycles. The zero-order chi connectivity index (χ0) is 12.3. The minimum Gasteiger partial charge on any atom is -0.489 e. The van der Waals surface area contributed by atoms with E-state index in [2.05, 4.69) is 12.6 Å². The fourth-order valence-electron chi connectivity index (χ4n) is 1.34. The van der Waals surface area contributed by atoms with Gasteiger partial charge in [0.25, 0.3) is 0 Å². The van der Waals surface area contributed by atoms with Gasteiger partial charge in [0.1, 0.15) is 12.4 Å². The highest BCUT2D eigenvalue weighted by Gasteiger charge is 2.03. The Kier molecular flexibility index (Phi) is 3.64. The molecule has 88 valence electrons. The van der Waals surface area contributed by atoms with Crippen molar-refractivity contribution in [3.8, 4) is 5.75 Å². The molecule has 0 aliphatic rings. The lowest BCUT2D eigenvalue weighted by Gasteiger charge is -2.06. The first-order chi connectivity index (χ1) is 8.15. The predicted molar refractivity (Wildman–Crippen MR) is 64.4 cm³/mol. The van der Waals surface area contributed by atoms with E-state index < -0.39 is 11.6 Å². The van der Waals surface area contributed by atoms with Gasteiger partial charge < -0.3 is 4.74 Å². The van der Waals surface area contributed by atoms with E-state index in [1.54, 1.807) is 24.3 Å². The van der Waals surface area contributed by atoms with Crippen molar-refractivity contribution in [2.24, 2.45) is 0 Å². The normalized spacial score (nSPS) is 10.3. The molecule has 0 atom stereocenters. The van der Waals surface area contributed by atoms with Crippen molar-refractivity contribution in [2.45, 2.75) is 11.5 Å². The van der Waals surface area contributed by atoms with E-state index in [9.17, 15) is 8.78 Å². The number of benzene rings is 2. The van der Waals surface area contributed by atoms with E-state index in [-0.39, 0.29) is 6.61 Å². The maximum absolute atomic E-state index is 12.9. The first-order valence-electron chi connectivity index (χ1n) is 5.01. The summed E-state index contributed by atoms with van der Waals surface area (Å²) in [5.74, 6) is -1.06. The van der Waals surface area contributed by atoms with E-state index in [1.165, 1.54) is 6.07 Å². The van der Waals surface area contributed by atoms with Crippen LogP contribution in [0.25, 0.3) is 0 Å². The summed E-state index contributed by atoms with van der Waals surface area (Å²) in [5, 5.41) is 0. The Morgan fingerprint density at radius 3 is 2.29 bits per heavy atom. The smallest absolute Gasteiger partial charge is 0.159 e. The van der Waals surface area contributed by atoms with Gasteiger partial charge in [-0.15, -0.1) is 12.6 Å². The molecule has 0 unspecified atom stereocenters. The van der Waals surface area contributed by atoms with Crippen molar-refractivity contribution in [2.75, 3.05) is 0 Å². The summed E-state index contributed by atoms with van der Waals surface area (Å²) in [6.45, 7) is 0.198. The lowest BCUT2D eigenvalue weighted by molar-refractivity contribution is 0.305. The molecule has 2 aromatic rings. The van der Waals surface area contributed by atoms with Gasteiger partial charge in [0.05, 0.1) is 0 Å². The van der Waals surface area contributed by atoms with Crippen LogP contribution in [-0.2, 0) is 6.61 Å². The molecule has 0 bridgehead atoms. The molecule has 2 aromatic carbocycles. The molecule has 0 aliphatic heterocycles. The van der Waals surface area contributed by atoms with E-state index in [0.29, 0.717) is 11.3 Å². The van der Waals surface area contributed by atoms with Gasteiger partial charge in [-0.2, -0.15) is 0 Å². The quantitative estimate of drug-likeness (QED) is 0.817. The zero-order valence-corrected chi connectivity index (χ0v) is 9.75. The SMILES string of the molecule is Fc1ccc(COc2ccc(S)cc2)cc1F. The van der Waals surface area contributed by atoms with Crippen LogP contribution in [0.3, 0.4) is 0 Å². The van der Waals surface area contributed by atoms with Gasteiger partial charge in [-0.25, -0.2) is 8.78 Å². The van der Waals surface area contributed by atoms with Gasteiger partial charge in [-0.1, -0.05) is 6.07 Å². The lowest BCUT2D eigenvalue weighted by atomic mass is 10.2. The summed E-state index contributed by atoms with van der Waals surface area (Å²) in [7, 11) is 0. The van der Waals surface area contributed by atoms with E-state index >= 15 is 0 Å². The number of halogens is 2. The van der Waals surface area contributed by atoms with Crippen LogP contribution >= 0.6 is 12.6 Å². The summed E-state index contributed by atoms with van der Waals surface area (Å²) in [6.07, 6.45) is 0. The summed E-state index contributed by atoms with van der Waals surface area (Å²) in [4.78, 5) is 0.838. The summed E-state index contributed by atoms with van der Waals surface area (Å²) >= 11 is 4.15. The molecular weight excluding hydrogens is 242 g/mol. The molecule has 17 heavy (non-hydrogen) atoms. The second kappa shape index (κ2) is 5.19. The zero-order valence-electron chi connectivity index (χ0n) is 8.86. The largest absolute Gasteiger partial charge is 0.489 e. The number of hydrogen-bond donors (Lipinski definition) is 1. The molecule has 0 heterocycles. The van der Waals surface area contributed by atoms with Gasteiger partial charge >= 0.3 is 0 Å². The Labute approximate surface area is 103 Å². The van der Waals surface area contributed by atoms with Gasteiger partial charge in [0.15, 0.2) is 11.6 Å². The minimum atomic E-state index is -0.864. The Morgan fingerprint density at radius 2 is 1.65 bits per heavy atom. The van der Waals surface area contributed by atoms with Crippen molar-refractivity contribution in [3.05, 3.63) is 59.7 Å². The highest BCUT2D eigenvalue weighted by Crippen LogP contribution is 2.16. The molecule has 0 spiro atoms. The molecule has 0 saturated heterocycles. The fraction of sp³-hybridized carbons (Fsp3) is 0.0769. The summed E-state index contributed by atoms with van der Waals surface area (Å²) in [5.41, 5.74) is 0.582. The van der Waals surface area contributed by atoms with Gasteiger partial charge in [-0.3, -0.25) is 0 Å². The van der Waals surface area contributed by atoms with Crippen LogP contribution in [-0.4, -0.2) is 0 Å². The molecule has 0 fully saturated rings. The highest BCUT2D eigenvalue weighted by atomic mass is 32.1. The fourth-order valence-corrected chi connectivity index (χ4v) is 1.49. The topological polar surface area (TPSA) is 9.23 Å². The average molecular weight is 252 g/mol. The molecule has 0 amide bonds. The van der Waals surface area contributed by atoms with Crippen molar-refractivity contribution < 1.29 is 13.5 Å². The third-order valence-corrected chi connectivity index (χ3v) is 2.52. The van der Waals surface area contributed by atoms with Gasteiger partial charge in [-0.05, 0) is 42.0 Å². The summed E-state index contributed by atoms with van der Waals surface area (Å²) < 4.78 is 31.0. The Balaban J connectivity index is 2.02. The third kappa shape index (κ3) is 3.20. The molecular formula is C13H10F2OS. The van der Waals surface area contributed by atoms with E-state index in [0.717, 1.165) is 17.0 Å². The molecule has 0 radical (unpaired) electrons.